The average molecular weight is 746 g/mol. The number of fused-ring (bicyclic) bond motifs is 6. The monoisotopic (exact) mass is 745 g/mol. The molecule has 0 aromatic heterocycles. The van der Waals surface area contributed by atoms with Crippen LogP contribution < -0.4 is 4.90 Å². The highest BCUT2D eigenvalue weighted by atomic mass is 15.1. The lowest BCUT2D eigenvalue weighted by Gasteiger charge is -2.30. The summed E-state index contributed by atoms with van der Waals surface area (Å²) in [6, 6.07) is 48.3. The molecular weight excluding hydrogens is 687 g/mol. The van der Waals surface area contributed by atoms with E-state index in [1.807, 2.05) is 0 Å². The predicted molar refractivity (Wildman–Crippen MR) is 241 cm³/mol. The molecule has 0 N–H and O–H groups in total. The van der Waals surface area contributed by atoms with Crippen LogP contribution in [0.25, 0.3) is 33.0 Å². The highest BCUT2D eigenvalue weighted by Gasteiger charge is 2.40. The minimum atomic E-state index is -0.102. The van der Waals surface area contributed by atoms with Crippen molar-refractivity contribution in [2.24, 2.45) is 11.8 Å². The molecule has 6 aromatic rings. The van der Waals surface area contributed by atoms with Crippen molar-refractivity contribution in [1.82, 2.24) is 0 Å². The van der Waals surface area contributed by atoms with Gasteiger partial charge in [0, 0.05) is 22.2 Å². The van der Waals surface area contributed by atoms with Crippen LogP contribution in [0.3, 0.4) is 0 Å². The van der Waals surface area contributed by atoms with Gasteiger partial charge in [0.2, 0.25) is 0 Å². The summed E-state index contributed by atoms with van der Waals surface area (Å²) in [5, 5.41) is 2.68. The van der Waals surface area contributed by atoms with Crippen molar-refractivity contribution in [3.05, 3.63) is 149 Å². The number of rotatable bonds is 7. The first-order valence-corrected chi connectivity index (χ1v) is 22.8. The summed E-state index contributed by atoms with van der Waals surface area (Å²) in [5.74, 6) is 4.01. The van der Waals surface area contributed by atoms with Gasteiger partial charge in [0.15, 0.2) is 0 Å². The number of hydrogen-bond acceptors (Lipinski definition) is 1. The van der Waals surface area contributed by atoms with E-state index < -0.39 is 0 Å². The minimum Gasteiger partial charge on any atom is -0.310 e. The molecule has 0 saturated heterocycles. The zero-order chi connectivity index (χ0) is 38.1. The Balaban J connectivity index is 0.979. The molecular formula is C56H59N. The van der Waals surface area contributed by atoms with Crippen molar-refractivity contribution in [3.8, 4) is 22.3 Å². The van der Waals surface area contributed by atoms with E-state index in [1.165, 1.54) is 162 Å². The number of anilines is 3. The maximum absolute atomic E-state index is 2.56. The SMILES string of the molecule is CC1(C)c2ccc(-c3ccc(C4CCCCC4)cc3)cc2-c2ccc(N(c3ccc(C4CC5CCC4C5)cc3)c3cccc4cc(C5CCCCC5)ccc34)cc21. The van der Waals surface area contributed by atoms with Gasteiger partial charge in [-0.3, -0.25) is 0 Å². The Labute approximate surface area is 341 Å². The van der Waals surface area contributed by atoms with Gasteiger partial charge in [0.1, 0.15) is 0 Å². The Hall–Kier alpha value is -4.62. The van der Waals surface area contributed by atoms with Gasteiger partial charge in [-0.25, -0.2) is 0 Å². The Morgan fingerprint density at radius 2 is 1.18 bits per heavy atom. The predicted octanol–water partition coefficient (Wildman–Crippen LogP) is 16.3. The molecule has 5 aliphatic carbocycles. The van der Waals surface area contributed by atoms with Gasteiger partial charge in [-0.2, -0.15) is 0 Å². The van der Waals surface area contributed by atoms with E-state index in [4.69, 9.17) is 0 Å². The first-order chi connectivity index (χ1) is 28.0. The molecule has 1 nitrogen and oxygen atoms in total. The smallest absolute Gasteiger partial charge is 0.0540 e. The second kappa shape index (κ2) is 14.3. The number of nitrogens with zero attached hydrogens (tertiary/aromatic N) is 1. The van der Waals surface area contributed by atoms with Crippen LogP contribution in [0.1, 0.15) is 149 Å². The molecule has 11 rings (SSSR count). The summed E-state index contributed by atoms with van der Waals surface area (Å²) in [5.41, 5.74) is 16.5. The van der Waals surface area contributed by atoms with Crippen molar-refractivity contribution in [1.29, 1.82) is 0 Å². The van der Waals surface area contributed by atoms with E-state index in [0.29, 0.717) is 5.92 Å². The van der Waals surface area contributed by atoms with Crippen molar-refractivity contribution in [2.45, 2.75) is 127 Å². The Kier molecular flexibility index (Phi) is 8.94. The van der Waals surface area contributed by atoms with Crippen molar-refractivity contribution < 1.29 is 0 Å². The molecule has 0 aliphatic heterocycles. The van der Waals surface area contributed by atoms with Crippen LogP contribution in [0.5, 0.6) is 0 Å². The summed E-state index contributed by atoms with van der Waals surface area (Å²) in [6.07, 6.45) is 19.3. The van der Waals surface area contributed by atoms with Crippen molar-refractivity contribution in [3.63, 3.8) is 0 Å². The number of hydrogen-bond donors (Lipinski definition) is 0. The molecule has 57 heavy (non-hydrogen) atoms. The van der Waals surface area contributed by atoms with Gasteiger partial charge in [-0.15, -0.1) is 0 Å². The summed E-state index contributed by atoms with van der Waals surface area (Å²) in [4.78, 5) is 2.56. The van der Waals surface area contributed by atoms with Gasteiger partial charge in [0.25, 0.3) is 0 Å². The van der Waals surface area contributed by atoms with E-state index in [0.717, 1.165) is 23.7 Å². The van der Waals surface area contributed by atoms with Crippen molar-refractivity contribution in [2.75, 3.05) is 4.90 Å². The van der Waals surface area contributed by atoms with E-state index in [1.54, 1.807) is 5.56 Å². The van der Waals surface area contributed by atoms with Crippen LogP contribution in [-0.2, 0) is 5.41 Å². The first-order valence-electron chi connectivity index (χ1n) is 22.8. The van der Waals surface area contributed by atoms with Crippen LogP contribution >= 0.6 is 0 Å². The zero-order valence-corrected chi connectivity index (χ0v) is 34.3. The van der Waals surface area contributed by atoms with Crippen LogP contribution in [0.4, 0.5) is 17.1 Å². The maximum atomic E-state index is 2.56. The molecule has 288 valence electrons. The van der Waals surface area contributed by atoms with E-state index in [9.17, 15) is 0 Å². The topological polar surface area (TPSA) is 3.24 Å². The summed E-state index contributed by atoms with van der Waals surface area (Å²) < 4.78 is 0. The Morgan fingerprint density at radius 3 is 1.89 bits per heavy atom. The van der Waals surface area contributed by atoms with Crippen LogP contribution in [0.15, 0.2) is 121 Å². The van der Waals surface area contributed by atoms with Gasteiger partial charge < -0.3 is 4.90 Å². The standard InChI is InChI=1S/C56H59N/c1-56(2)53-31-25-44(41-20-18-40(19-21-41)38-10-5-3-6-11-38)35-52(53)50-30-28-48(36-54(50)56)57(47-26-22-42(23-27-47)51-33-37-16-17-46(51)32-37)55-15-9-14-45-34-43(24-29-49(45)55)39-12-7-4-8-13-39/h9,14-15,18-31,34-39,46,51H,3-8,10-13,16-17,32-33H2,1-2H3. The molecule has 0 heterocycles. The van der Waals surface area contributed by atoms with Crippen LogP contribution in [0, 0.1) is 11.8 Å². The van der Waals surface area contributed by atoms with E-state index in [-0.39, 0.29) is 5.41 Å². The summed E-state index contributed by atoms with van der Waals surface area (Å²) in [7, 11) is 0. The van der Waals surface area contributed by atoms with Crippen molar-refractivity contribution >= 4 is 27.8 Å². The second-order valence-electron chi connectivity index (χ2n) is 19.4. The Morgan fingerprint density at radius 1 is 0.491 bits per heavy atom. The average Bonchev–Trinajstić information content (AvgIpc) is 3.97. The fourth-order valence-electron chi connectivity index (χ4n) is 12.6. The lowest BCUT2D eigenvalue weighted by atomic mass is 9.81. The molecule has 3 atom stereocenters. The highest BCUT2D eigenvalue weighted by molar-refractivity contribution is 6.00. The molecule has 0 amide bonds. The fourth-order valence-corrected chi connectivity index (χ4v) is 12.6. The van der Waals surface area contributed by atoms with Crippen LogP contribution in [-0.4, -0.2) is 0 Å². The Bertz CT molecular complexity index is 2420. The van der Waals surface area contributed by atoms with Gasteiger partial charge in [-0.05, 0) is 166 Å². The molecule has 4 fully saturated rings. The normalized spacial score (nSPS) is 22.8. The molecule has 5 aliphatic rings. The molecule has 1 heteroatoms. The van der Waals surface area contributed by atoms with Crippen LogP contribution in [0.2, 0.25) is 0 Å². The quantitative estimate of drug-likeness (QED) is 0.157. The third-order valence-electron chi connectivity index (χ3n) is 15.8. The molecule has 4 saturated carbocycles. The molecule has 6 aromatic carbocycles. The van der Waals surface area contributed by atoms with Gasteiger partial charge in [-0.1, -0.05) is 144 Å². The highest BCUT2D eigenvalue weighted by Crippen LogP contribution is 2.54. The van der Waals surface area contributed by atoms with Gasteiger partial charge in [0.05, 0.1) is 5.69 Å². The number of benzene rings is 6. The minimum absolute atomic E-state index is 0.102. The van der Waals surface area contributed by atoms with E-state index in [2.05, 4.69) is 140 Å². The lowest BCUT2D eigenvalue weighted by molar-refractivity contribution is 0.420. The molecule has 2 bridgehead atoms. The van der Waals surface area contributed by atoms with Gasteiger partial charge >= 0.3 is 0 Å². The van der Waals surface area contributed by atoms with E-state index >= 15 is 0 Å². The summed E-state index contributed by atoms with van der Waals surface area (Å²) >= 11 is 0. The molecule has 3 unspecified atom stereocenters. The largest absolute Gasteiger partial charge is 0.310 e. The first kappa shape index (κ1) is 35.5. The second-order valence-corrected chi connectivity index (χ2v) is 19.4. The summed E-state index contributed by atoms with van der Waals surface area (Å²) in [6.45, 7) is 4.86. The fraction of sp³-hybridized carbons (Fsp3) is 0.393. The molecule has 0 spiro atoms. The third-order valence-corrected chi connectivity index (χ3v) is 15.8. The molecule has 0 radical (unpaired) electrons. The third kappa shape index (κ3) is 6.27. The zero-order valence-electron chi connectivity index (χ0n) is 34.3. The lowest BCUT2D eigenvalue weighted by Crippen LogP contribution is -2.17. The maximum Gasteiger partial charge on any atom is 0.0540 e.